The van der Waals surface area contributed by atoms with Gasteiger partial charge in [-0.2, -0.15) is 0 Å². The largest absolute Gasteiger partial charge is 1.00 e. The first kappa shape index (κ1) is 24.2. The maximum absolute atomic E-state index is 10.9. The first-order valence-electron chi connectivity index (χ1n) is 9.10. The van der Waals surface area contributed by atoms with Crippen molar-refractivity contribution in [1.82, 2.24) is 0 Å². The van der Waals surface area contributed by atoms with E-state index in [4.69, 9.17) is 4.52 Å². The molecule has 0 radical (unpaired) electrons. The molecule has 1 rings (SSSR count). The molecule has 2 atom stereocenters. The summed E-state index contributed by atoms with van der Waals surface area (Å²) in [5.41, 5.74) is 0.947. The van der Waals surface area contributed by atoms with Crippen LogP contribution in [0.5, 0.6) is 0 Å². The number of benzene rings is 1. The first-order chi connectivity index (χ1) is 11.2. The molecule has 1 aromatic carbocycles. The Morgan fingerprint density at radius 3 is 1.92 bits per heavy atom. The fourth-order valence-electron chi connectivity index (χ4n) is 2.87. The monoisotopic (exact) mass is 361 g/mol. The van der Waals surface area contributed by atoms with E-state index in [-0.39, 0.29) is 35.7 Å². The van der Waals surface area contributed by atoms with E-state index in [1.165, 1.54) is 51.4 Å². The average Bonchev–Trinajstić information content (AvgIpc) is 2.56. The van der Waals surface area contributed by atoms with Crippen molar-refractivity contribution in [3.63, 3.8) is 0 Å². The van der Waals surface area contributed by atoms with Gasteiger partial charge in [0.2, 0.25) is 0 Å². The summed E-state index contributed by atoms with van der Waals surface area (Å²) in [5, 5.41) is 0. The molecule has 5 heteroatoms. The van der Waals surface area contributed by atoms with Crippen LogP contribution in [0.2, 0.25) is 0 Å². The summed E-state index contributed by atoms with van der Waals surface area (Å²) < 4.78 is 16.0. The predicted octanol–water partition coefficient (Wildman–Crippen LogP) is 3.08. The van der Waals surface area contributed by atoms with Crippen LogP contribution in [0.25, 0.3) is 0 Å². The summed E-state index contributed by atoms with van der Waals surface area (Å²) in [7, 11) is -2.80. The SMILES string of the molecule is CCCCCCCCCCCCC(O[P+](=O)[O-])c1ccccc1.[Na+]. The first-order valence-corrected chi connectivity index (χ1v) is 10.2. The van der Waals surface area contributed by atoms with E-state index >= 15 is 0 Å². The minimum atomic E-state index is -2.80. The third-order valence-electron chi connectivity index (χ3n) is 4.20. The van der Waals surface area contributed by atoms with Crippen LogP contribution >= 0.6 is 8.25 Å². The Morgan fingerprint density at radius 2 is 1.42 bits per heavy atom. The van der Waals surface area contributed by atoms with Gasteiger partial charge < -0.3 is 4.89 Å². The molecule has 0 aliphatic heterocycles. The maximum Gasteiger partial charge on any atom is 1.00 e. The molecule has 0 saturated heterocycles. The van der Waals surface area contributed by atoms with Gasteiger partial charge in [-0.3, -0.25) is 0 Å². The summed E-state index contributed by atoms with van der Waals surface area (Å²) in [5.74, 6) is 0. The molecule has 0 amide bonds. The average molecular weight is 361 g/mol. The third-order valence-corrected chi connectivity index (χ3v) is 4.63. The van der Waals surface area contributed by atoms with Gasteiger partial charge in [0.25, 0.3) is 0 Å². The Balaban J connectivity index is 0.00000529. The quantitative estimate of drug-likeness (QED) is 0.291. The molecule has 0 aliphatic rings. The van der Waals surface area contributed by atoms with E-state index in [1.807, 2.05) is 30.3 Å². The standard InChI is InChI=1S/C19H31O3P.Na/c1-2-3-4-5-6-7-8-9-10-14-17-19(22-23(20)21)18-15-12-11-13-16-18;/h11-13,15-16,19H,2-10,14,17H2,1H3;/q;+1. The van der Waals surface area contributed by atoms with Crippen LogP contribution in [-0.2, 0) is 9.09 Å². The zero-order valence-corrected chi connectivity index (χ0v) is 18.3. The van der Waals surface area contributed by atoms with Crippen LogP contribution in [0.15, 0.2) is 30.3 Å². The van der Waals surface area contributed by atoms with Crippen LogP contribution in [0.1, 0.15) is 89.2 Å². The molecule has 0 fully saturated rings. The molecule has 0 N–H and O–H groups in total. The fraction of sp³-hybridized carbons (Fsp3) is 0.684. The van der Waals surface area contributed by atoms with Gasteiger partial charge in [-0.25, -0.2) is 0 Å². The molecule has 0 aliphatic carbocycles. The Kier molecular flexibility index (Phi) is 16.9. The van der Waals surface area contributed by atoms with Crippen molar-refractivity contribution in [3.8, 4) is 0 Å². The molecule has 0 aromatic heterocycles. The topological polar surface area (TPSA) is 49.4 Å². The number of rotatable bonds is 14. The van der Waals surface area contributed by atoms with Crippen molar-refractivity contribution < 1.29 is 43.5 Å². The smallest absolute Gasteiger partial charge is 0.566 e. The van der Waals surface area contributed by atoms with Gasteiger partial charge in [0.15, 0.2) is 0 Å². The van der Waals surface area contributed by atoms with E-state index in [2.05, 4.69) is 6.92 Å². The van der Waals surface area contributed by atoms with Crippen molar-refractivity contribution in [2.75, 3.05) is 0 Å². The molecular weight excluding hydrogens is 330 g/mol. The number of hydrogen-bond donors (Lipinski definition) is 0. The molecule has 0 saturated carbocycles. The summed E-state index contributed by atoms with van der Waals surface area (Å²) in [6.07, 6.45) is 13.2. The molecule has 0 spiro atoms. The van der Waals surface area contributed by atoms with Crippen LogP contribution in [-0.4, -0.2) is 0 Å². The van der Waals surface area contributed by atoms with Crippen molar-refractivity contribution in [1.29, 1.82) is 0 Å². The van der Waals surface area contributed by atoms with Crippen molar-refractivity contribution in [2.24, 2.45) is 0 Å². The second-order valence-corrected chi connectivity index (χ2v) is 6.86. The van der Waals surface area contributed by atoms with Gasteiger partial charge in [-0.15, -0.1) is 4.52 Å². The van der Waals surface area contributed by atoms with Crippen LogP contribution in [0.3, 0.4) is 0 Å². The van der Waals surface area contributed by atoms with Gasteiger partial charge in [0.05, 0.1) is 0 Å². The molecular formula is C19H31NaO3P+. The molecule has 24 heavy (non-hydrogen) atoms. The summed E-state index contributed by atoms with van der Waals surface area (Å²) in [6, 6.07) is 9.63. The maximum atomic E-state index is 10.9. The molecule has 0 heterocycles. The second-order valence-electron chi connectivity index (χ2n) is 6.20. The molecule has 1 aromatic rings. The zero-order chi connectivity index (χ0) is 16.8. The minimum absolute atomic E-state index is 0. The van der Waals surface area contributed by atoms with E-state index in [0.29, 0.717) is 0 Å². The number of hydrogen-bond acceptors (Lipinski definition) is 3. The van der Waals surface area contributed by atoms with Gasteiger partial charge in [0.1, 0.15) is 6.10 Å². The van der Waals surface area contributed by atoms with Crippen molar-refractivity contribution >= 4 is 8.25 Å². The normalized spacial score (nSPS) is 12.5. The van der Waals surface area contributed by atoms with Crippen LogP contribution < -0.4 is 34.5 Å². The van der Waals surface area contributed by atoms with Crippen molar-refractivity contribution in [3.05, 3.63) is 35.9 Å². The van der Waals surface area contributed by atoms with Crippen LogP contribution in [0.4, 0.5) is 0 Å². The minimum Gasteiger partial charge on any atom is -0.566 e. The summed E-state index contributed by atoms with van der Waals surface area (Å²) >= 11 is 0. The van der Waals surface area contributed by atoms with Gasteiger partial charge in [-0.1, -0.05) is 101 Å². The summed E-state index contributed by atoms with van der Waals surface area (Å²) in [4.78, 5) is 10.9. The van der Waals surface area contributed by atoms with E-state index in [9.17, 15) is 9.46 Å². The zero-order valence-electron chi connectivity index (χ0n) is 15.4. The molecule has 130 valence electrons. The predicted molar refractivity (Wildman–Crippen MR) is 94.3 cm³/mol. The third kappa shape index (κ3) is 12.6. The van der Waals surface area contributed by atoms with E-state index in [1.54, 1.807) is 0 Å². The van der Waals surface area contributed by atoms with E-state index < -0.39 is 8.25 Å². The molecule has 3 nitrogen and oxygen atoms in total. The number of unbranched alkanes of at least 4 members (excludes halogenated alkanes) is 9. The second kappa shape index (κ2) is 16.7. The van der Waals surface area contributed by atoms with Gasteiger partial charge in [0, 0.05) is 0 Å². The van der Waals surface area contributed by atoms with Crippen molar-refractivity contribution in [2.45, 2.75) is 83.7 Å². The van der Waals surface area contributed by atoms with Gasteiger partial charge in [-0.05, 0) is 16.5 Å². The Labute approximate surface area is 170 Å². The Bertz CT molecular complexity index is 414. The Hall–Kier alpha value is 0.240. The molecule has 0 bridgehead atoms. The van der Waals surface area contributed by atoms with Gasteiger partial charge >= 0.3 is 37.8 Å². The molecule has 2 unspecified atom stereocenters. The van der Waals surface area contributed by atoms with Crippen LogP contribution in [0, 0.1) is 0 Å². The summed E-state index contributed by atoms with van der Waals surface area (Å²) in [6.45, 7) is 2.25. The van der Waals surface area contributed by atoms with E-state index in [0.717, 1.165) is 24.8 Å². The Morgan fingerprint density at radius 1 is 0.917 bits per heavy atom. The fourth-order valence-corrected chi connectivity index (χ4v) is 3.30.